The van der Waals surface area contributed by atoms with E-state index in [1.807, 2.05) is 12.1 Å². The summed E-state index contributed by atoms with van der Waals surface area (Å²) < 4.78 is 1.05. The van der Waals surface area contributed by atoms with Gasteiger partial charge in [-0.2, -0.15) is 0 Å². The molecule has 1 nitrogen and oxygen atoms in total. The van der Waals surface area contributed by atoms with Gasteiger partial charge in [-0.05, 0) is 46.8 Å². The lowest BCUT2D eigenvalue weighted by Crippen LogP contribution is -2.22. The number of carbonyl (C=O) groups is 1. The first-order valence-electron chi connectivity index (χ1n) is 6.00. The Morgan fingerprint density at radius 1 is 1.50 bits per heavy atom. The molecular weight excluding hydrogens is 284 g/mol. The molecule has 1 saturated carbocycles. The van der Waals surface area contributed by atoms with E-state index in [-0.39, 0.29) is 5.92 Å². The summed E-state index contributed by atoms with van der Waals surface area (Å²) in [5, 5.41) is 0. The van der Waals surface area contributed by atoms with Gasteiger partial charge in [0.15, 0.2) is 5.78 Å². The molecule has 0 N–H and O–H groups in total. The van der Waals surface area contributed by atoms with E-state index in [0.717, 1.165) is 27.4 Å². The van der Waals surface area contributed by atoms with Crippen molar-refractivity contribution in [3.63, 3.8) is 0 Å². The molecule has 2 rings (SSSR count). The van der Waals surface area contributed by atoms with Crippen LogP contribution in [0.4, 0.5) is 0 Å². The number of ketones is 1. The first kappa shape index (κ1) is 12.3. The van der Waals surface area contributed by atoms with Crippen molar-refractivity contribution in [3.8, 4) is 0 Å². The van der Waals surface area contributed by atoms with Crippen molar-refractivity contribution in [2.24, 2.45) is 11.8 Å². The average molecular weight is 301 g/mol. The van der Waals surface area contributed by atoms with Crippen LogP contribution in [-0.2, 0) is 0 Å². The normalized spacial score (nSPS) is 25.6. The Bertz CT molecular complexity index is 372. The maximum atomic E-state index is 12.3. The minimum Gasteiger partial charge on any atom is -0.293 e. The fraction of sp³-hybridized carbons (Fsp3) is 0.615. The van der Waals surface area contributed by atoms with Crippen LogP contribution in [0, 0.1) is 11.8 Å². The Kier molecular flexibility index (Phi) is 4.20. The number of hydrogen-bond donors (Lipinski definition) is 0. The Balaban J connectivity index is 2.04. The lowest BCUT2D eigenvalue weighted by molar-refractivity contribution is 0.0866. The lowest BCUT2D eigenvalue weighted by Gasteiger charge is -2.27. The Morgan fingerprint density at radius 3 is 2.94 bits per heavy atom. The van der Waals surface area contributed by atoms with Gasteiger partial charge in [0.05, 0.1) is 8.66 Å². The molecule has 1 aliphatic carbocycles. The lowest BCUT2D eigenvalue weighted by atomic mass is 9.78. The summed E-state index contributed by atoms with van der Waals surface area (Å²) in [6.45, 7) is 2.24. The monoisotopic (exact) mass is 300 g/mol. The van der Waals surface area contributed by atoms with Gasteiger partial charge < -0.3 is 0 Å². The third-order valence-corrected chi connectivity index (χ3v) is 5.19. The molecule has 16 heavy (non-hydrogen) atoms. The van der Waals surface area contributed by atoms with Crippen molar-refractivity contribution in [3.05, 3.63) is 20.8 Å². The van der Waals surface area contributed by atoms with Gasteiger partial charge in [-0.1, -0.05) is 26.2 Å². The van der Waals surface area contributed by atoms with Crippen LogP contribution in [0.5, 0.6) is 0 Å². The molecule has 0 amide bonds. The van der Waals surface area contributed by atoms with Crippen molar-refractivity contribution in [2.45, 2.75) is 39.0 Å². The van der Waals surface area contributed by atoms with E-state index in [1.54, 1.807) is 11.3 Å². The summed E-state index contributed by atoms with van der Waals surface area (Å²) in [5.41, 5.74) is 0. The van der Waals surface area contributed by atoms with E-state index < -0.39 is 0 Å². The number of halogens is 1. The molecule has 2 atom stereocenters. The van der Waals surface area contributed by atoms with Crippen LogP contribution in [0.15, 0.2) is 15.9 Å². The zero-order valence-corrected chi connectivity index (χ0v) is 11.9. The molecular formula is C13H17BrOS. The van der Waals surface area contributed by atoms with Crippen LogP contribution in [-0.4, -0.2) is 5.78 Å². The highest BCUT2D eigenvalue weighted by Crippen LogP contribution is 2.34. The van der Waals surface area contributed by atoms with E-state index in [2.05, 4.69) is 22.9 Å². The number of rotatable bonds is 3. The van der Waals surface area contributed by atoms with Crippen LogP contribution in [0.1, 0.15) is 48.7 Å². The molecule has 0 spiro atoms. The van der Waals surface area contributed by atoms with E-state index in [9.17, 15) is 4.79 Å². The first-order valence-corrected chi connectivity index (χ1v) is 7.61. The molecule has 0 bridgehead atoms. The van der Waals surface area contributed by atoms with Crippen molar-refractivity contribution in [1.29, 1.82) is 0 Å². The molecule has 0 saturated heterocycles. The Labute approximate surface area is 109 Å². The van der Waals surface area contributed by atoms with Crippen LogP contribution in [0.25, 0.3) is 0 Å². The number of carbonyl (C=O) groups excluding carboxylic acids is 1. The zero-order chi connectivity index (χ0) is 11.5. The summed E-state index contributed by atoms with van der Waals surface area (Å²) in [4.78, 5) is 13.2. The zero-order valence-electron chi connectivity index (χ0n) is 9.54. The smallest absolute Gasteiger partial charge is 0.175 e. The van der Waals surface area contributed by atoms with Crippen molar-refractivity contribution in [2.75, 3.05) is 0 Å². The molecule has 1 fully saturated rings. The molecule has 1 heterocycles. The third-order valence-electron chi connectivity index (χ3n) is 3.55. The molecule has 3 heteroatoms. The third kappa shape index (κ3) is 2.75. The van der Waals surface area contributed by atoms with E-state index in [1.165, 1.54) is 19.3 Å². The predicted octanol–water partition coefficient (Wildman–Crippen LogP) is 4.91. The minimum absolute atomic E-state index is 0.282. The van der Waals surface area contributed by atoms with Crippen molar-refractivity contribution < 1.29 is 4.79 Å². The molecule has 88 valence electrons. The van der Waals surface area contributed by atoms with Gasteiger partial charge in [0.25, 0.3) is 0 Å². The van der Waals surface area contributed by atoms with Gasteiger partial charge in [0, 0.05) is 5.92 Å². The SMILES string of the molecule is CCC1CCCC(C(=O)c2ccc(Br)s2)C1. The highest BCUT2D eigenvalue weighted by molar-refractivity contribution is 9.11. The van der Waals surface area contributed by atoms with Crippen molar-refractivity contribution in [1.82, 2.24) is 0 Å². The molecule has 1 aromatic rings. The van der Waals surface area contributed by atoms with Gasteiger partial charge >= 0.3 is 0 Å². The Morgan fingerprint density at radius 2 is 2.31 bits per heavy atom. The van der Waals surface area contributed by atoms with Gasteiger partial charge in [0.2, 0.25) is 0 Å². The fourth-order valence-electron chi connectivity index (χ4n) is 2.55. The Hall–Kier alpha value is -0.150. The summed E-state index contributed by atoms with van der Waals surface area (Å²) in [5.74, 6) is 1.42. The number of thiophene rings is 1. The minimum atomic E-state index is 0.282. The van der Waals surface area contributed by atoms with Crippen LogP contribution < -0.4 is 0 Å². The predicted molar refractivity (Wildman–Crippen MR) is 72.1 cm³/mol. The fourth-order valence-corrected chi connectivity index (χ4v) is 3.95. The molecule has 2 unspecified atom stereocenters. The summed E-state index contributed by atoms with van der Waals surface area (Å²) in [7, 11) is 0. The molecule has 1 aliphatic rings. The quantitative estimate of drug-likeness (QED) is 0.725. The maximum Gasteiger partial charge on any atom is 0.175 e. The topological polar surface area (TPSA) is 17.1 Å². The molecule has 0 aromatic carbocycles. The van der Waals surface area contributed by atoms with Gasteiger partial charge in [-0.25, -0.2) is 0 Å². The summed E-state index contributed by atoms with van der Waals surface area (Å²) in [6, 6.07) is 3.92. The summed E-state index contributed by atoms with van der Waals surface area (Å²) in [6.07, 6.45) is 5.95. The van der Waals surface area contributed by atoms with E-state index in [4.69, 9.17) is 0 Å². The van der Waals surface area contributed by atoms with Crippen LogP contribution in [0.2, 0.25) is 0 Å². The van der Waals surface area contributed by atoms with E-state index >= 15 is 0 Å². The average Bonchev–Trinajstić information content (AvgIpc) is 2.75. The highest BCUT2D eigenvalue weighted by atomic mass is 79.9. The van der Waals surface area contributed by atoms with Crippen LogP contribution in [0.3, 0.4) is 0 Å². The number of Topliss-reactive ketones (excluding diaryl/α,β-unsaturated/α-hetero) is 1. The second-order valence-corrected chi connectivity index (χ2v) is 7.07. The van der Waals surface area contributed by atoms with Crippen molar-refractivity contribution >= 4 is 33.0 Å². The van der Waals surface area contributed by atoms with Gasteiger partial charge in [-0.15, -0.1) is 11.3 Å². The molecule has 0 radical (unpaired) electrons. The largest absolute Gasteiger partial charge is 0.293 e. The maximum absolute atomic E-state index is 12.3. The second kappa shape index (κ2) is 5.46. The van der Waals surface area contributed by atoms with Gasteiger partial charge in [0.1, 0.15) is 0 Å². The standard InChI is InChI=1S/C13H17BrOS/c1-2-9-4-3-5-10(8-9)13(15)11-6-7-12(14)16-11/h6-7,9-10H,2-5,8H2,1H3. The first-order chi connectivity index (χ1) is 7.70. The van der Waals surface area contributed by atoms with Crippen LogP contribution >= 0.6 is 27.3 Å². The van der Waals surface area contributed by atoms with E-state index in [0.29, 0.717) is 5.78 Å². The highest BCUT2D eigenvalue weighted by Gasteiger charge is 2.27. The summed E-state index contributed by atoms with van der Waals surface area (Å²) >= 11 is 4.98. The molecule has 1 aromatic heterocycles. The number of hydrogen-bond acceptors (Lipinski definition) is 2. The van der Waals surface area contributed by atoms with Gasteiger partial charge in [-0.3, -0.25) is 4.79 Å². The molecule has 0 aliphatic heterocycles. The second-order valence-electron chi connectivity index (χ2n) is 4.61.